The highest BCUT2D eigenvalue weighted by atomic mass is 16.6. The van der Waals surface area contributed by atoms with Crippen LogP contribution in [0.15, 0.2) is 29.0 Å². The van der Waals surface area contributed by atoms with E-state index < -0.39 is 4.92 Å². The van der Waals surface area contributed by atoms with Crippen LogP contribution in [-0.4, -0.2) is 28.7 Å². The van der Waals surface area contributed by atoms with E-state index in [2.05, 4.69) is 15.5 Å². The van der Waals surface area contributed by atoms with Gasteiger partial charge < -0.3 is 14.6 Å². The minimum absolute atomic E-state index is 0.0649. The van der Waals surface area contributed by atoms with Gasteiger partial charge in [-0.3, -0.25) is 10.1 Å². The summed E-state index contributed by atoms with van der Waals surface area (Å²) in [6.45, 7) is 0.573. The van der Waals surface area contributed by atoms with Crippen molar-refractivity contribution < 1.29 is 14.2 Å². The van der Waals surface area contributed by atoms with Crippen LogP contribution < -0.4 is 10.1 Å². The molecule has 0 amide bonds. The quantitative estimate of drug-likeness (QED) is 0.624. The zero-order chi connectivity index (χ0) is 13.7. The summed E-state index contributed by atoms with van der Waals surface area (Å²) in [5.41, 5.74) is 0.659. The van der Waals surface area contributed by atoms with E-state index >= 15 is 0 Å². The SMILES string of the molecule is COc1cc(NCCc2ncno2)ccc1[N+](=O)[O-]. The van der Waals surface area contributed by atoms with Crippen LogP contribution in [0.3, 0.4) is 0 Å². The van der Waals surface area contributed by atoms with Crippen LogP contribution in [0.2, 0.25) is 0 Å². The predicted molar refractivity (Wildman–Crippen MR) is 66.1 cm³/mol. The summed E-state index contributed by atoms with van der Waals surface area (Å²) in [7, 11) is 1.39. The number of nitro groups is 1. The van der Waals surface area contributed by atoms with Crippen molar-refractivity contribution in [2.75, 3.05) is 19.0 Å². The van der Waals surface area contributed by atoms with E-state index in [0.29, 0.717) is 18.9 Å². The van der Waals surface area contributed by atoms with Crippen molar-refractivity contribution in [3.63, 3.8) is 0 Å². The number of methoxy groups -OCH3 is 1. The number of benzene rings is 1. The third kappa shape index (κ3) is 3.18. The standard InChI is InChI=1S/C11H12N4O4/c1-18-10-6-8(2-3-9(10)15(16)17)12-5-4-11-13-7-14-19-11/h2-3,6-7,12H,4-5H2,1H3. The Kier molecular flexibility index (Phi) is 3.91. The van der Waals surface area contributed by atoms with Gasteiger partial charge in [0.25, 0.3) is 0 Å². The summed E-state index contributed by atoms with van der Waals surface area (Å²) >= 11 is 0. The molecule has 2 rings (SSSR count). The van der Waals surface area contributed by atoms with Gasteiger partial charge in [-0.1, -0.05) is 5.16 Å². The molecule has 8 nitrogen and oxygen atoms in total. The van der Waals surface area contributed by atoms with Crippen LogP contribution in [-0.2, 0) is 6.42 Å². The van der Waals surface area contributed by atoms with Gasteiger partial charge >= 0.3 is 5.69 Å². The van der Waals surface area contributed by atoms with Crippen LogP contribution >= 0.6 is 0 Å². The lowest BCUT2D eigenvalue weighted by molar-refractivity contribution is -0.385. The van der Waals surface area contributed by atoms with Gasteiger partial charge in [0.1, 0.15) is 0 Å². The molecule has 0 bridgehead atoms. The number of nitrogens with zero attached hydrogens (tertiary/aromatic N) is 3. The van der Waals surface area contributed by atoms with Crippen molar-refractivity contribution in [2.45, 2.75) is 6.42 Å². The van der Waals surface area contributed by atoms with Crippen LogP contribution in [0, 0.1) is 10.1 Å². The van der Waals surface area contributed by atoms with Crippen molar-refractivity contribution in [2.24, 2.45) is 0 Å². The molecule has 100 valence electrons. The van der Waals surface area contributed by atoms with E-state index in [1.54, 1.807) is 12.1 Å². The molecule has 0 aliphatic rings. The van der Waals surface area contributed by atoms with Gasteiger partial charge in [0, 0.05) is 30.8 Å². The molecule has 0 unspecified atom stereocenters. The van der Waals surface area contributed by atoms with E-state index in [0.717, 1.165) is 5.69 Å². The first-order valence-electron chi connectivity index (χ1n) is 5.52. The normalized spacial score (nSPS) is 10.2. The third-order valence-corrected chi connectivity index (χ3v) is 2.45. The Morgan fingerprint density at radius 3 is 3.00 bits per heavy atom. The molecule has 1 N–H and O–H groups in total. The molecule has 1 aromatic carbocycles. The first kappa shape index (κ1) is 12.8. The number of hydrogen-bond acceptors (Lipinski definition) is 7. The Morgan fingerprint density at radius 2 is 2.37 bits per heavy atom. The van der Waals surface area contributed by atoms with Crippen LogP contribution in [0.5, 0.6) is 5.75 Å². The molecule has 1 heterocycles. The van der Waals surface area contributed by atoms with Crippen LogP contribution in [0.25, 0.3) is 0 Å². The molecule has 0 fully saturated rings. The zero-order valence-electron chi connectivity index (χ0n) is 10.2. The number of nitrogens with one attached hydrogen (secondary N) is 1. The molecule has 0 radical (unpaired) electrons. The lowest BCUT2D eigenvalue weighted by atomic mass is 10.2. The van der Waals surface area contributed by atoms with Gasteiger partial charge in [-0.2, -0.15) is 4.98 Å². The largest absolute Gasteiger partial charge is 0.490 e. The van der Waals surface area contributed by atoms with Crippen molar-refractivity contribution >= 4 is 11.4 Å². The van der Waals surface area contributed by atoms with Crippen molar-refractivity contribution in [1.29, 1.82) is 0 Å². The minimum Gasteiger partial charge on any atom is -0.490 e. The zero-order valence-corrected chi connectivity index (χ0v) is 10.2. The maximum absolute atomic E-state index is 10.7. The lowest BCUT2D eigenvalue weighted by Crippen LogP contribution is -2.05. The highest BCUT2D eigenvalue weighted by Gasteiger charge is 2.14. The number of ether oxygens (including phenoxy) is 1. The Bertz CT molecular complexity index is 556. The third-order valence-electron chi connectivity index (χ3n) is 2.45. The summed E-state index contributed by atoms with van der Waals surface area (Å²) in [5, 5.41) is 17.3. The van der Waals surface area contributed by atoms with E-state index in [9.17, 15) is 10.1 Å². The average Bonchev–Trinajstić information content (AvgIpc) is 2.91. The number of rotatable bonds is 6. The Morgan fingerprint density at radius 1 is 1.53 bits per heavy atom. The Balaban J connectivity index is 1.99. The molecule has 0 saturated heterocycles. The van der Waals surface area contributed by atoms with Gasteiger partial charge in [-0.05, 0) is 6.07 Å². The highest BCUT2D eigenvalue weighted by molar-refractivity contribution is 5.57. The molecule has 2 aromatic rings. The number of hydrogen-bond donors (Lipinski definition) is 1. The summed E-state index contributed by atoms with van der Waals surface area (Å²) in [6.07, 6.45) is 1.91. The number of anilines is 1. The van der Waals surface area contributed by atoms with Gasteiger partial charge in [0.15, 0.2) is 12.1 Å². The van der Waals surface area contributed by atoms with E-state index in [4.69, 9.17) is 9.26 Å². The maximum atomic E-state index is 10.7. The maximum Gasteiger partial charge on any atom is 0.311 e. The van der Waals surface area contributed by atoms with Crippen molar-refractivity contribution in [3.05, 3.63) is 40.5 Å². The molecule has 19 heavy (non-hydrogen) atoms. The summed E-state index contributed by atoms with van der Waals surface area (Å²) in [4.78, 5) is 14.1. The predicted octanol–water partition coefficient (Wildman–Crippen LogP) is 1.64. The van der Waals surface area contributed by atoms with Crippen LogP contribution in [0.4, 0.5) is 11.4 Å². The van der Waals surface area contributed by atoms with Gasteiger partial charge in [-0.25, -0.2) is 0 Å². The summed E-state index contributed by atoms with van der Waals surface area (Å²) in [6, 6.07) is 4.59. The van der Waals surface area contributed by atoms with Gasteiger partial charge in [0.2, 0.25) is 5.89 Å². The van der Waals surface area contributed by atoms with Crippen molar-refractivity contribution in [3.8, 4) is 5.75 Å². The second-order valence-electron chi connectivity index (χ2n) is 3.66. The second-order valence-corrected chi connectivity index (χ2v) is 3.66. The lowest BCUT2D eigenvalue weighted by Gasteiger charge is -2.07. The summed E-state index contributed by atoms with van der Waals surface area (Å²) in [5.74, 6) is 0.745. The van der Waals surface area contributed by atoms with Gasteiger partial charge in [-0.15, -0.1) is 0 Å². The smallest absolute Gasteiger partial charge is 0.311 e. The first-order valence-corrected chi connectivity index (χ1v) is 5.52. The monoisotopic (exact) mass is 264 g/mol. The first-order chi connectivity index (χ1) is 9.20. The second kappa shape index (κ2) is 5.80. The Hall–Kier alpha value is -2.64. The number of aromatic nitrogens is 2. The molecule has 0 aliphatic carbocycles. The molecular formula is C11H12N4O4. The van der Waals surface area contributed by atoms with Crippen LogP contribution in [0.1, 0.15) is 5.89 Å². The summed E-state index contributed by atoms with van der Waals surface area (Å²) < 4.78 is 9.83. The van der Waals surface area contributed by atoms with Gasteiger partial charge in [0.05, 0.1) is 12.0 Å². The fourth-order valence-electron chi connectivity index (χ4n) is 1.56. The molecule has 1 aromatic heterocycles. The average molecular weight is 264 g/mol. The minimum atomic E-state index is -0.485. The van der Waals surface area contributed by atoms with E-state index in [-0.39, 0.29) is 11.4 Å². The molecule has 0 spiro atoms. The topological polar surface area (TPSA) is 103 Å². The van der Waals surface area contributed by atoms with Crippen molar-refractivity contribution in [1.82, 2.24) is 10.1 Å². The van der Waals surface area contributed by atoms with E-state index in [1.165, 1.54) is 19.5 Å². The highest BCUT2D eigenvalue weighted by Crippen LogP contribution is 2.29. The van der Waals surface area contributed by atoms with E-state index in [1.807, 2.05) is 0 Å². The fraction of sp³-hybridized carbons (Fsp3) is 0.273. The molecule has 8 heteroatoms. The number of nitro benzene ring substituents is 1. The molecule has 0 aliphatic heterocycles. The molecular weight excluding hydrogens is 252 g/mol. The molecule has 0 saturated carbocycles. The molecule has 0 atom stereocenters. The fourth-order valence-corrected chi connectivity index (χ4v) is 1.56. The Labute approximate surface area is 108 Å².